The SMILES string of the molecule is CCCOc1cc(C)nc(N(CC(=O)OCC)C(C)C)n1. The summed E-state index contributed by atoms with van der Waals surface area (Å²) in [6.45, 7) is 10.8. The molecule has 0 saturated heterocycles. The third-order valence-electron chi connectivity index (χ3n) is 2.76. The van der Waals surface area contributed by atoms with E-state index in [1.807, 2.05) is 32.6 Å². The quantitative estimate of drug-likeness (QED) is 0.686. The second kappa shape index (κ2) is 8.44. The molecule has 0 spiro atoms. The summed E-state index contributed by atoms with van der Waals surface area (Å²) in [5, 5.41) is 0. The Hall–Kier alpha value is -1.85. The Labute approximate surface area is 126 Å². The summed E-state index contributed by atoms with van der Waals surface area (Å²) in [5.74, 6) is 0.741. The van der Waals surface area contributed by atoms with Gasteiger partial charge in [0, 0.05) is 17.8 Å². The number of aryl methyl sites for hydroxylation is 1. The largest absolute Gasteiger partial charge is 0.478 e. The highest BCUT2D eigenvalue weighted by Gasteiger charge is 2.19. The van der Waals surface area contributed by atoms with E-state index >= 15 is 0 Å². The molecule has 0 unspecified atom stereocenters. The number of hydrogen-bond donors (Lipinski definition) is 0. The summed E-state index contributed by atoms with van der Waals surface area (Å²) < 4.78 is 10.6. The lowest BCUT2D eigenvalue weighted by molar-refractivity contribution is -0.141. The minimum atomic E-state index is -0.285. The van der Waals surface area contributed by atoms with Crippen molar-refractivity contribution in [2.45, 2.75) is 47.1 Å². The Morgan fingerprint density at radius 3 is 2.62 bits per heavy atom. The van der Waals surface area contributed by atoms with Gasteiger partial charge in [0.1, 0.15) is 6.54 Å². The third-order valence-corrected chi connectivity index (χ3v) is 2.76. The van der Waals surface area contributed by atoms with Gasteiger partial charge in [0.2, 0.25) is 11.8 Å². The van der Waals surface area contributed by atoms with Gasteiger partial charge >= 0.3 is 5.97 Å². The molecule has 0 aliphatic carbocycles. The van der Waals surface area contributed by atoms with Crippen LogP contribution in [0.2, 0.25) is 0 Å². The lowest BCUT2D eigenvalue weighted by Gasteiger charge is -2.26. The maximum absolute atomic E-state index is 11.7. The molecule has 1 heterocycles. The number of carbonyl (C=O) groups is 1. The number of esters is 1. The maximum atomic E-state index is 11.7. The average Bonchev–Trinajstić information content (AvgIpc) is 2.42. The van der Waals surface area contributed by atoms with Gasteiger partial charge in [-0.15, -0.1) is 0 Å². The van der Waals surface area contributed by atoms with E-state index in [1.54, 1.807) is 13.0 Å². The summed E-state index contributed by atoms with van der Waals surface area (Å²) in [6.07, 6.45) is 0.912. The van der Waals surface area contributed by atoms with Gasteiger partial charge in [0.25, 0.3) is 0 Å². The van der Waals surface area contributed by atoms with Crippen molar-refractivity contribution in [1.29, 1.82) is 0 Å². The molecule has 0 amide bonds. The lowest BCUT2D eigenvalue weighted by Crippen LogP contribution is -2.38. The lowest BCUT2D eigenvalue weighted by atomic mass is 10.3. The fourth-order valence-electron chi connectivity index (χ4n) is 1.76. The van der Waals surface area contributed by atoms with Crippen molar-refractivity contribution in [1.82, 2.24) is 9.97 Å². The number of nitrogens with zero attached hydrogens (tertiary/aromatic N) is 3. The van der Waals surface area contributed by atoms with E-state index in [0.717, 1.165) is 12.1 Å². The van der Waals surface area contributed by atoms with Gasteiger partial charge in [0.15, 0.2) is 0 Å². The number of rotatable bonds is 8. The van der Waals surface area contributed by atoms with Crippen LogP contribution in [0.4, 0.5) is 5.95 Å². The molecule has 6 heteroatoms. The standard InChI is InChI=1S/C15H25N3O3/c1-6-8-21-13-9-12(5)16-15(17-13)18(11(3)4)10-14(19)20-7-2/h9,11H,6-8,10H2,1-5H3. The topological polar surface area (TPSA) is 64.5 Å². The molecular formula is C15H25N3O3. The van der Waals surface area contributed by atoms with Gasteiger partial charge in [-0.2, -0.15) is 4.98 Å². The highest BCUT2D eigenvalue weighted by molar-refractivity contribution is 5.75. The zero-order valence-electron chi connectivity index (χ0n) is 13.5. The van der Waals surface area contributed by atoms with Crippen LogP contribution in [0.15, 0.2) is 6.07 Å². The third kappa shape index (κ3) is 5.57. The molecule has 0 bridgehead atoms. The van der Waals surface area contributed by atoms with Crippen molar-refractivity contribution in [3.05, 3.63) is 11.8 Å². The van der Waals surface area contributed by atoms with Crippen molar-refractivity contribution < 1.29 is 14.3 Å². The van der Waals surface area contributed by atoms with Crippen molar-refractivity contribution >= 4 is 11.9 Å². The van der Waals surface area contributed by atoms with Gasteiger partial charge in [-0.05, 0) is 34.1 Å². The molecule has 0 atom stereocenters. The van der Waals surface area contributed by atoms with E-state index in [1.165, 1.54) is 0 Å². The monoisotopic (exact) mass is 295 g/mol. The van der Waals surface area contributed by atoms with E-state index in [0.29, 0.717) is 25.0 Å². The van der Waals surface area contributed by atoms with Gasteiger partial charge in [-0.25, -0.2) is 4.98 Å². The molecule has 1 aromatic heterocycles. The molecule has 118 valence electrons. The van der Waals surface area contributed by atoms with E-state index < -0.39 is 0 Å². The van der Waals surface area contributed by atoms with E-state index in [9.17, 15) is 4.79 Å². The first-order chi connectivity index (χ1) is 9.97. The number of anilines is 1. The molecule has 0 saturated carbocycles. The first-order valence-corrected chi connectivity index (χ1v) is 7.38. The first-order valence-electron chi connectivity index (χ1n) is 7.38. The fraction of sp³-hybridized carbons (Fsp3) is 0.667. The summed E-state index contributed by atoms with van der Waals surface area (Å²) in [4.78, 5) is 22.3. The molecule has 0 aliphatic rings. The summed E-state index contributed by atoms with van der Waals surface area (Å²) in [6, 6.07) is 1.87. The average molecular weight is 295 g/mol. The smallest absolute Gasteiger partial charge is 0.325 e. The van der Waals surface area contributed by atoms with E-state index in [-0.39, 0.29) is 18.6 Å². The maximum Gasteiger partial charge on any atom is 0.325 e. The summed E-state index contributed by atoms with van der Waals surface area (Å²) in [7, 11) is 0. The Bertz CT molecular complexity index is 463. The normalized spacial score (nSPS) is 10.6. The molecule has 0 aromatic carbocycles. The summed E-state index contributed by atoms with van der Waals surface area (Å²) >= 11 is 0. The van der Waals surface area contributed by atoms with E-state index in [4.69, 9.17) is 9.47 Å². The minimum Gasteiger partial charge on any atom is -0.478 e. The Morgan fingerprint density at radius 1 is 1.33 bits per heavy atom. The van der Waals surface area contributed by atoms with Crippen molar-refractivity contribution in [2.24, 2.45) is 0 Å². The molecule has 0 fully saturated rings. The van der Waals surface area contributed by atoms with Crippen LogP contribution < -0.4 is 9.64 Å². The Balaban J connectivity index is 2.96. The Morgan fingerprint density at radius 2 is 2.05 bits per heavy atom. The van der Waals surface area contributed by atoms with Crippen LogP contribution in [-0.4, -0.2) is 41.7 Å². The van der Waals surface area contributed by atoms with Crippen LogP contribution in [0.1, 0.15) is 39.8 Å². The predicted octanol–water partition coefficient (Wildman–Crippen LogP) is 2.35. The van der Waals surface area contributed by atoms with Crippen molar-refractivity contribution in [2.75, 3.05) is 24.7 Å². The van der Waals surface area contributed by atoms with Crippen LogP contribution in [0.5, 0.6) is 5.88 Å². The second-order valence-electron chi connectivity index (χ2n) is 5.02. The number of carbonyl (C=O) groups excluding carboxylic acids is 1. The van der Waals surface area contributed by atoms with Crippen molar-refractivity contribution in [3.8, 4) is 5.88 Å². The first kappa shape index (κ1) is 17.2. The van der Waals surface area contributed by atoms with Gasteiger partial charge in [-0.1, -0.05) is 6.92 Å². The van der Waals surface area contributed by atoms with Crippen LogP contribution in [0, 0.1) is 6.92 Å². The molecule has 6 nitrogen and oxygen atoms in total. The number of hydrogen-bond acceptors (Lipinski definition) is 6. The predicted molar refractivity (Wildman–Crippen MR) is 81.7 cm³/mol. The molecule has 0 aliphatic heterocycles. The highest BCUT2D eigenvalue weighted by atomic mass is 16.5. The van der Waals surface area contributed by atoms with Gasteiger partial charge in [-0.3, -0.25) is 4.79 Å². The van der Waals surface area contributed by atoms with Crippen LogP contribution in [0.3, 0.4) is 0 Å². The Kier molecular flexibility index (Phi) is 6.91. The summed E-state index contributed by atoms with van der Waals surface area (Å²) in [5.41, 5.74) is 0.806. The van der Waals surface area contributed by atoms with E-state index in [2.05, 4.69) is 9.97 Å². The fourth-order valence-corrected chi connectivity index (χ4v) is 1.76. The highest BCUT2D eigenvalue weighted by Crippen LogP contribution is 2.17. The minimum absolute atomic E-state index is 0.0789. The second-order valence-corrected chi connectivity index (χ2v) is 5.02. The number of aromatic nitrogens is 2. The molecule has 0 N–H and O–H groups in total. The molecular weight excluding hydrogens is 270 g/mol. The molecule has 0 radical (unpaired) electrons. The van der Waals surface area contributed by atoms with Gasteiger partial charge in [0.05, 0.1) is 13.2 Å². The molecule has 21 heavy (non-hydrogen) atoms. The zero-order valence-corrected chi connectivity index (χ0v) is 13.5. The van der Waals surface area contributed by atoms with Gasteiger partial charge < -0.3 is 14.4 Å². The van der Waals surface area contributed by atoms with Crippen LogP contribution in [-0.2, 0) is 9.53 Å². The zero-order chi connectivity index (χ0) is 15.8. The number of ether oxygens (including phenoxy) is 2. The molecule has 1 aromatic rings. The van der Waals surface area contributed by atoms with Crippen LogP contribution in [0.25, 0.3) is 0 Å². The molecule has 1 rings (SSSR count). The van der Waals surface area contributed by atoms with Crippen LogP contribution >= 0.6 is 0 Å². The van der Waals surface area contributed by atoms with Crippen molar-refractivity contribution in [3.63, 3.8) is 0 Å².